The van der Waals surface area contributed by atoms with E-state index in [2.05, 4.69) is 14.9 Å². The zero-order chi connectivity index (χ0) is 16.7. The molecule has 0 spiro atoms. The number of methoxy groups -OCH3 is 1. The van der Waals surface area contributed by atoms with Gasteiger partial charge < -0.3 is 15.2 Å². The summed E-state index contributed by atoms with van der Waals surface area (Å²) >= 11 is 0. The van der Waals surface area contributed by atoms with Crippen molar-refractivity contribution in [1.82, 2.24) is 14.9 Å². The van der Waals surface area contributed by atoms with Gasteiger partial charge in [-0.2, -0.15) is 9.97 Å². The van der Waals surface area contributed by atoms with Crippen LogP contribution in [0.25, 0.3) is 10.9 Å². The Kier molecular flexibility index (Phi) is 3.68. The molecule has 2 aliphatic heterocycles. The van der Waals surface area contributed by atoms with Crippen molar-refractivity contribution >= 4 is 16.7 Å². The predicted molar refractivity (Wildman–Crippen MR) is 89.0 cm³/mol. The van der Waals surface area contributed by atoms with Crippen molar-refractivity contribution in [1.29, 1.82) is 0 Å². The minimum absolute atomic E-state index is 0.221. The molecular weight excluding hydrogens is 311 g/mol. The second-order valence-corrected chi connectivity index (χ2v) is 6.61. The first kappa shape index (κ1) is 15.4. The molecule has 24 heavy (non-hydrogen) atoms. The molecule has 7 heteroatoms. The fourth-order valence-electron chi connectivity index (χ4n) is 4.04. The Balaban J connectivity index is 1.59. The first-order valence-electron chi connectivity index (χ1n) is 8.23. The van der Waals surface area contributed by atoms with E-state index in [0.29, 0.717) is 42.0 Å². The van der Waals surface area contributed by atoms with Crippen LogP contribution in [-0.2, 0) is 0 Å². The molecule has 4 rings (SSSR count). The molecule has 1 aromatic heterocycles. The highest BCUT2D eigenvalue weighted by Crippen LogP contribution is 2.40. The Morgan fingerprint density at radius 3 is 3.12 bits per heavy atom. The van der Waals surface area contributed by atoms with E-state index in [1.165, 1.54) is 0 Å². The number of anilines is 1. The monoisotopic (exact) mass is 332 g/mol. The summed E-state index contributed by atoms with van der Waals surface area (Å²) in [7, 11) is 1.58. The molecule has 0 unspecified atom stereocenters. The Labute approximate surface area is 139 Å². The van der Waals surface area contributed by atoms with Crippen molar-refractivity contribution in [3.05, 3.63) is 18.2 Å². The molecule has 0 amide bonds. The van der Waals surface area contributed by atoms with E-state index < -0.39 is 6.17 Å². The van der Waals surface area contributed by atoms with Crippen LogP contribution in [0.2, 0.25) is 0 Å². The zero-order valence-corrected chi connectivity index (χ0v) is 13.7. The fraction of sp³-hybridized carbons (Fsp3) is 0.529. The quantitative estimate of drug-likeness (QED) is 0.925. The van der Waals surface area contributed by atoms with E-state index in [9.17, 15) is 4.39 Å². The molecule has 0 aliphatic carbocycles. The first-order chi connectivity index (χ1) is 11.6. The highest BCUT2D eigenvalue weighted by Gasteiger charge is 2.49. The zero-order valence-electron chi connectivity index (χ0n) is 13.7. The fourth-order valence-corrected chi connectivity index (χ4v) is 4.04. The number of aromatic nitrogens is 2. The van der Waals surface area contributed by atoms with Gasteiger partial charge in [0.1, 0.15) is 24.3 Å². The third kappa shape index (κ3) is 2.43. The number of nitrogens with zero attached hydrogens (tertiary/aromatic N) is 3. The van der Waals surface area contributed by atoms with Crippen molar-refractivity contribution in [2.24, 2.45) is 0 Å². The molecular formula is C17H21FN4O2. The number of rotatable bonds is 4. The number of nitrogen functional groups attached to an aromatic ring is 1. The number of hydrogen-bond acceptors (Lipinski definition) is 6. The van der Waals surface area contributed by atoms with Gasteiger partial charge in [0.15, 0.2) is 0 Å². The van der Waals surface area contributed by atoms with Gasteiger partial charge in [0.2, 0.25) is 0 Å². The van der Waals surface area contributed by atoms with E-state index in [4.69, 9.17) is 15.2 Å². The summed E-state index contributed by atoms with van der Waals surface area (Å²) < 4.78 is 25.0. The van der Waals surface area contributed by atoms with Crippen molar-refractivity contribution in [2.75, 3.05) is 32.5 Å². The second kappa shape index (κ2) is 5.73. The largest absolute Gasteiger partial charge is 0.496 e. The molecule has 6 nitrogen and oxygen atoms in total. The summed E-state index contributed by atoms with van der Waals surface area (Å²) in [6.07, 6.45) is 1.77. The molecule has 2 aromatic rings. The standard InChI is InChI=1S/C17H21FN4O2/c1-23-13-5-2-4-12-14(13)15(19)21-16(20-12)24-10-17-6-3-7-22(17)9-11(18)8-17/h2,4-5,11H,3,6-10H2,1H3,(H2,19,20,21)/t11-,17+/m1/s1. The molecule has 0 radical (unpaired) electrons. The molecule has 2 aliphatic rings. The average molecular weight is 332 g/mol. The van der Waals surface area contributed by atoms with Crippen molar-refractivity contribution < 1.29 is 13.9 Å². The molecule has 2 N–H and O–H groups in total. The second-order valence-electron chi connectivity index (χ2n) is 6.61. The molecule has 3 heterocycles. The smallest absolute Gasteiger partial charge is 0.319 e. The number of nitrogens with two attached hydrogens (primary N) is 1. The third-order valence-electron chi connectivity index (χ3n) is 5.14. The predicted octanol–water partition coefficient (Wildman–Crippen LogP) is 2.18. The van der Waals surface area contributed by atoms with Crippen LogP contribution >= 0.6 is 0 Å². The maximum atomic E-state index is 13.8. The van der Waals surface area contributed by atoms with E-state index in [1.54, 1.807) is 7.11 Å². The maximum absolute atomic E-state index is 13.8. The summed E-state index contributed by atoms with van der Waals surface area (Å²) in [6.45, 7) is 1.82. The minimum atomic E-state index is -0.777. The van der Waals surface area contributed by atoms with E-state index in [-0.39, 0.29) is 11.5 Å². The summed E-state index contributed by atoms with van der Waals surface area (Å²) in [4.78, 5) is 10.9. The van der Waals surface area contributed by atoms with Gasteiger partial charge in [0.05, 0.1) is 23.6 Å². The maximum Gasteiger partial charge on any atom is 0.319 e. The number of benzene rings is 1. The third-order valence-corrected chi connectivity index (χ3v) is 5.14. The molecule has 128 valence electrons. The Hall–Kier alpha value is -2.15. The average Bonchev–Trinajstić information content (AvgIpc) is 3.08. The van der Waals surface area contributed by atoms with E-state index >= 15 is 0 Å². The Bertz CT molecular complexity index is 772. The Morgan fingerprint density at radius 1 is 1.42 bits per heavy atom. The molecule has 0 bridgehead atoms. The van der Waals surface area contributed by atoms with Crippen LogP contribution in [0.3, 0.4) is 0 Å². The van der Waals surface area contributed by atoms with Gasteiger partial charge in [-0.15, -0.1) is 0 Å². The van der Waals surface area contributed by atoms with Gasteiger partial charge in [-0.3, -0.25) is 4.90 Å². The summed E-state index contributed by atoms with van der Waals surface area (Å²) in [5, 5.41) is 0.678. The Morgan fingerprint density at radius 2 is 2.29 bits per heavy atom. The number of halogens is 1. The van der Waals surface area contributed by atoms with E-state index in [0.717, 1.165) is 19.4 Å². The van der Waals surface area contributed by atoms with Gasteiger partial charge in [-0.05, 0) is 31.5 Å². The number of ether oxygens (including phenoxy) is 2. The highest BCUT2D eigenvalue weighted by molar-refractivity contribution is 5.93. The molecule has 2 saturated heterocycles. The van der Waals surface area contributed by atoms with Gasteiger partial charge in [0, 0.05) is 13.0 Å². The lowest BCUT2D eigenvalue weighted by Gasteiger charge is -2.30. The van der Waals surface area contributed by atoms with Gasteiger partial charge >= 0.3 is 6.01 Å². The van der Waals surface area contributed by atoms with Crippen LogP contribution in [0.5, 0.6) is 11.8 Å². The normalized spacial score (nSPS) is 26.7. The van der Waals surface area contributed by atoms with Crippen LogP contribution in [0, 0.1) is 0 Å². The molecule has 2 fully saturated rings. The van der Waals surface area contributed by atoms with Crippen molar-refractivity contribution in [3.63, 3.8) is 0 Å². The lowest BCUT2D eigenvalue weighted by molar-refractivity contribution is 0.107. The molecule has 0 saturated carbocycles. The highest BCUT2D eigenvalue weighted by atomic mass is 19.1. The lowest BCUT2D eigenvalue weighted by Crippen LogP contribution is -2.43. The summed E-state index contributed by atoms with van der Waals surface area (Å²) in [5.41, 5.74) is 6.51. The number of fused-ring (bicyclic) bond motifs is 2. The van der Waals surface area contributed by atoms with Crippen LogP contribution in [0.15, 0.2) is 18.2 Å². The summed E-state index contributed by atoms with van der Waals surface area (Å²) in [5.74, 6) is 0.955. The number of hydrogen-bond donors (Lipinski definition) is 1. The SMILES string of the molecule is COc1cccc2nc(OC[C@@]34CCCN3C[C@H](F)C4)nc(N)c12. The van der Waals surface area contributed by atoms with Crippen molar-refractivity contribution in [2.45, 2.75) is 31.0 Å². The van der Waals surface area contributed by atoms with Crippen LogP contribution in [0.1, 0.15) is 19.3 Å². The van der Waals surface area contributed by atoms with Gasteiger partial charge in [-0.25, -0.2) is 4.39 Å². The van der Waals surface area contributed by atoms with Crippen molar-refractivity contribution in [3.8, 4) is 11.8 Å². The summed E-state index contributed by atoms with van der Waals surface area (Å²) in [6, 6.07) is 5.74. The van der Waals surface area contributed by atoms with Gasteiger partial charge in [-0.1, -0.05) is 6.07 Å². The minimum Gasteiger partial charge on any atom is -0.496 e. The van der Waals surface area contributed by atoms with Gasteiger partial charge in [0.25, 0.3) is 0 Å². The van der Waals surface area contributed by atoms with Crippen LogP contribution < -0.4 is 15.2 Å². The first-order valence-corrected chi connectivity index (χ1v) is 8.23. The topological polar surface area (TPSA) is 73.5 Å². The van der Waals surface area contributed by atoms with Crippen LogP contribution in [0.4, 0.5) is 10.2 Å². The molecule has 2 atom stereocenters. The van der Waals surface area contributed by atoms with E-state index in [1.807, 2.05) is 18.2 Å². The van der Waals surface area contributed by atoms with Crippen LogP contribution in [-0.4, -0.2) is 53.4 Å². The number of alkyl halides is 1. The lowest BCUT2D eigenvalue weighted by atomic mass is 9.95. The molecule has 1 aromatic carbocycles.